The lowest BCUT2D eigenvalue weighted by molar-refractivity contribution is 0.0683. The number of carbonyl (C=O) groups excluding carboxylic acids is 2. The summed E-state index contributed by atoms with van der Waals surface area (Å²) in [5.74, 6) is 0.616. The molecule has 1 saturated heterocycles. The van der Waals surface area contributed by atoms with E-state index < -0.39 is 6.03 Å². The van der Waals surface area contributed by atoms with E-state index in [0.717, 1.165) is 19.5 Å². The molecule has 1 aliphatic heterocycles. The fourth-order valence-corrected chi connectivity index (χ4v) is 2.39. The van der Waals surface area contributed by atoms with E-state index in [4.69, 9.17) is 5.73 Å². The second kappa shape index (κ2) is 5.73. The predicted octanol–water partition coefficient (Wildman–Crippen LogP) is 2.05. The molecule has 0 aromatic heterocycles. The Morgan fingerprint density at radius 2 is 2.00 bits per heavy atom. The molecule has 1 aliphatic rings. The molecule has 2 rings (SSSR count). The molecule has 1 unspecified atom stereocenters. The highest BCUT2D eigenvalue weighted by Gasteiger charge is 2.21. The van der Waals surface area contributed by atoms with Gasteiger partial charge in [0.05, 0.1) is 0 Å². The monoisotopic (exact) mass is 261 g/mol. The van der Waals surface area contributed by atoms with Crippen molar-refractivity contribution in [3.8, 4) is 0 Å². The van der Waals surface area contributed by atoms with Crippen LogP contribution in [0.2, 0.25) is 0 Å². The van der Waals surface area contributed by atoms with Crippen LogP contribution in [0.15, 0.2) is 24.3 Å². The molecular weight excluding hydrogens is 242 g/mol. The number of hydrogen-bond acceptors (Lipinski definition) is 2. The van der Waals surface area contributed by atoms with Crippen molar-refractivity contribution in [2.24, 2.45) is 11.7 Å². The highest BCUT2D eigenvalue weighted by Crippen LogP contribution is 2.18. The minimum Gasteiger partial charge on any atom is -0.351 e. The maximum atomic E-state index is 12.3. The molecule has 3 amide bonds. The van der Waals surface area contributed by atoms with Gasteiger partial charge in [0.25, 0.3) is 5.91 Å². The van der Waals surface area contributed by atoms with Crippen molar-refractivity contribution in [1.29, 1.82) is 0 Å². The fraction of sp³-hybridized carbons (Fsp3) is 0.429. The van der Waals surface area contributed by atoms with Gasteiger partial charge in [-0.1, -0.05) is 6.92 Å². The van der Waals surface area contributed by atoms with Crippen molar-refractivity contribution in [3.05, 3.63) is 29.8 Å². The molecule has 5 nitrogen and oxygen atoms in total. The SMILES string of the molecule is CC1CCCN(C(=O)c2ccc(NC(N)=O)cc2)C1. The molecule has 5 heteroatoms. The van der Waals surface area contributed by atoms with E-state index in [1.165, 1.54) is 6.42 Å². The Labute approximate surface area is 112 Å². The number of rotatable bonds is 2. The van der Waals surface area contributed by atoms with Crippen molar-refractivity contribution in [2.45, 2.75) is 19.8 Å². The Morgan fingerprint density at radius 1 is 1.32 bits per heavy atom. The topological polar surface area (TPSA) is 75.4 Å². The summed E-state index contributed by atoms with van der Waals surface area (Å²) in [6.45, 7) is 3.81. The molecule has 0 saturated carbocycles. The summed E-state index contributed by atoms with van der Waals surface area (Å²) < 4.78 is 0. The molecule has 1 fully saturated rings. The largest absolute Gasteiger partial charge is 0.351 e. The van der Waals surface area contributed by atoms with Crippen LogP contribution >= 0.6 is 0 Å². The Bertz CT molecular complexity index is 470. The van der Waals surface area contributed by atoms with Crippen LogP contribution in [0.4, 0.5) is 10.5 Å². The van der Waals surface area contributed by atoms with Crippen LogP contribution in [0.3, 0.4) is 0 Å². The first kappa shape index (κ1) is 13.4. The Hall–Kier alpha value is -2.04. The standard InChI is InChI=1S/C14H19N3O2/c1-10-3-2-8-17(9-10)13(18)11-4-6-12(7-5-11)16-14(15)19/h4-7,10H,2-3,8-9H2,1H3,(H3,15,16,19). The number of nitrogens with two attached hydrogens (primary N) is 1. The minimum atomic E-state index is -0.607. The average molecular weight is 261 g/mol. The molecule has 1 aromatic rings. The summed E-state index contributed by atoms with van der Waals surface area (Å²) in [7, 11) is 0. The van der Waals surface area contributed by atoms with Crippen molar-refractivity contribution in [1.82, 2.24) is 4.90 Å². The number of piperidine rings is 1. The summed E-state index contributed by atoms with van der Waals surface area (Å²) in [6, 6.07) is 6.19. The zero-order valence-corrected chi connectivity index (χ0v) is 11.1. The number of anilines is 1. The van der Waals surface area contributed by atoms with Crippen LogP contribution in [-0.2, 0) is 0 Å². The van der Waals surface area contributed by atoms with Crippen LogP contribution in [0.5, 0.6) is 0 Å². The molecule has 0 spiro atoms. The predicted molar refractivity (Wildman–Crippen MR) is 73.9 cm³/mol. The van der Waals surface area contributed by atoms with Crippen molar-refractivity contribution in [3.63, 3.8) is 0 Å². The van der Waals surface area contributed by atoms with E-state index in [2.05, 4.69) is 12.2 Å². The molecule has 1 atom stereocenters. The normalized spacial score (nSPS) is 19.0. The molecular formula is C14H19N3O2. The third-order valence-corrected chi connectivity index (χ3v) is 3.34. The van der Waals surface area contributed by atoms with E-state index >= 15 is 0 Å². The first-order chi connectivity index (χ1) is 9.06. The molecule has 0 bridgehead atoms. The number of carbonyl (C=O) groups is 2. The summed E-state index contributed by atoms with van der Waals surface area (Å²) in [5, 5.41) is 2.47. The van der Waals surface area contributed by atoms with Crippen LogP contribution in [0, 0.1) is 5.92 Å². The molecule has 0 radical (unpaired) electrons. The van der Waals surface area contributed by atoms with E-state index in [0.29, 0.717) is 17.2 Å². The van der Waals surface area contributed by atoms with Crippen molar-refractivity contribution >= 4 is 17.6 Å². The smallest absolute Gasteiger partial charge is 0.316 e. The van der Waals surface area contributed by atoms with Gasteiger partial charge >= 0.3 is 6.03 Å². The van der Waals surface area contributed by atoms with Gasteiger partial charge in [-0.15, -0.1) is 0 Å². The summed E-state index contributed by atoms with van der Waals surface area (Å²) in [6.07, 6.45) is 2.25. The quantitative estimate of drug-likeness (QED) is 0.855. The highest BCUT2D eigenvalue weighted by molar-refractivity contribution is 5.95. The van der Waals surface area contributed by atoms with E-state index in [1.807, 2.05) is 4.90 Å². The number of hydrogen-bond donors (Lipinski definition) is 2. The van der Waals surface area contributed by atoms with Crippen LogP contribution in [0.25, 0.3) is 0 Å². The van der Waals surface area contributed by atoms with Crippen LogP contribution < -0.4 is 11.1 Å². The molecule has 19 heavy (non-hydrogen) atoms. The van der Waals surface area contributed by atoms with Gasteiger partial charge in [-0.25, -0.2) is 4.79 Å². The first-order valence-electron chi connectivity index (χ1n) is 6.52. The third kappa shape index (κ3) is 3.47. The summed E-state index contributed by atoms with van der Waals surface area (Å²) >= 11 is 0. The molecule has 1 heterocycles. The number of nitrogens with one attached hydrogen (secondary N) is 1. The van der Waals surface area contributed by atoms with Gasteiger partial charge in [-0.2, -0.15) is 0 Å². The number of amides is 3. The third-order valence-electron chi connectivity index (χ3n) is 3.34. The second-order valence-corrected chi connectivity index (χ2v) is 5.07. The van der Waals surface area contributed by atoms with Crippen molar-refractivity contribution < 1.29 is 9.59 Å². The fourth-order valence-electron chi connectivity index (χ4n) is 2.39. The molecule has 1 aromatic carbocycles. The van der Waals surface area contributed by atoms with Gasteiger partial charge in [0.1, 0.15) is 0 Å². The van der Waals surface area contributed by atoms with E-state index in [9.17, 15) is 9.59 Å². The minimum absolute atomic E-state index is 0.0529. The van der Waals surface area contributed by atoms with Crippen LogP contribution in [-0.4, -0.2) is 29.9 Å². The summed E-state index contributed by atoms with van der Waals surface area (Å²) in [4.78, 5) is 24.9. The van der Waals surface area contributed by atoms with E-state index in [1.54, 1.807) is 24.3 Å². The van der Waals surface area contributed by atoms with Gasteiger partial charge in [0.15, 0.2) is 0 Å². The van der Waals surface area contributed by atoms with Crippen molar-refractivity contribution in [2.75, 3.05) is 18.4 Å². The van der Waals surface area contributed by atoms with Gasteiger partial charge in [-0.05, 0) is 43.0 Å². The maximum absolute atomic E-state index is 12.3. The highest BCUT2D eigenvalue weighted by atomic mass is 16.2. The number of benzene rings is 1. The Morgan fingerprint density at radius 3 is 2.58 bits per heavy atom. The number of likely N-dealkylation sites (tertiary alicyclic amines) is 1. The Balaban J connectivity index is 2.04. The maximum Gasteiger partial charge on any atom is 0.316 e. The van der Waals surface area contributed by atoms with E-state index in [-0.39, 0.29) is 5.91 Å². The van der Waals surface area contributed by atoms with Gasteiger partial charge < -0.3 is 16.0 Å². The second-order valence-electron chi connectivity index (χ2n) is 5.07. The molecule has 102 valence electrons. The Kier molecular flexibility index (Phi) is 4.04. The van der Waals surface area contributed by atoms with Gasteiger partial charge in [0, 0.05) is 24.3 Å². The number of urea groups is 1. The lowest BCUT2D eigenvalue weighted by atomic mass is 9.99. The van der Waals surface area contributed by atoms with Gasteiger partial charge in [-0.3, -0.25) is 4.79 Å². The zero-order valence-electron chi connectivity index (χ0n) is 11.1. The molecule has 3 N–H and O–H groups in total. The number of primary amides is 1. The lowest BCUT2D eigenvalue weighted by Crippen LogP contribution is -2.39. The summed E-state index contributed by atoms with van der Waals surface area (Å²) in [5.41, 5.74) is 6.27. The zero-order chi connectivity index (χ0) is 13.8. The first-order valence-corrected chi connectivity index (χ1v) is 6.52. The average Bonchev–Trinajstić information content (AvgIpc) is 2.38. The molecule has 0 aliphatic carbocycles. The number of nitrogens with zero attached hydrogens (tertiary/aromatic N) is 1. The van der Waals surface area contributed by atoms with Crippen LogP contribution in [0.1, 0.15) is 30.1 Å². The van der Waals surface area contributed by atoms with Gasteiger partial charge in [0.2, 0.25) is 0 Å². The lowest BCUT2D eigenvalue weighted by Gasteiger charge is -2.31.